The van der Waals surface area contributed by atoms with Crippen LogP contribution in [0.1, 0.15) is 284 Å². The van der Waals surface area contributed by atoms with Gasteiger partial charge < -0.3 is 18.9 Å². The van der Waals surface area contributed by atoms with Crippen LogP contribution in [0, 0.1) is 0 Å². The number of quaternary nitrogens is 1. The molecule has 0 spiro atoms. The molecule has 8 heteroatoms. The summed E-state index contributed by atoms with van der Waals surface area (Å²) in [7, 11) is 1.93. The fourth-order valence-corrected chi connectivity index (χ4v) is 9.17. The predicted molar refractivity (Wildman–Crippen MR) is 270 cm³/mol. The number of nitrogens with zero attached hydrogens (tertiary/aromatic N) is 1. The third kappa shape index (κ3) is 52.6. The van der Waals surface area contributed by atoms with Crippen molar-refractivity contribution >= 4 is 7.82 Å². The first kappa shape index (κ1) is 62.0. The largest absolute Gasteiger partial charge is 0.472 e. The molecule has 2 atom stereocenters. The third-order valence-electron chi connectivity index (χ3n) is 12.7. The molecule has 0 saturated heterocycles. The van der Waals surface area contributed by atoms with Gasteiger partial charge in [-0.25, -0.2) is 4.57 Å². The minimum absolute atomic E-state index is 0.00326. The van der Waals surface area contributed by atoms with Gasteiger partial charge in [0.1, 0.15) is 19.3 Å². The second-order valence-corrected chi connectivity index (χ2v) is 21.8. The normalized spacial score (nSPS) is 13.6. The molecule has 0 aromatic carbocycles. The van der Waals surface area contributed by atoms with Gasteiger partial charge in [0.25, 0.3) is 0 Å². The first-order valence-electron chi connectivity index (χ1n) is 27.8. The molecule has 0 aliphatic heterocycles. The number of phosphoric acid groups is 1. The second kappa shape index (κ2) is 48.9. The molecular formula is C54H113NO6P+. The van der Waals surface area contributed by atoms with Gasteiger partial charge in [-0.3, -0.25) is 9.05 Å². The van der Waals surface area contributed by atoms with Gasteiger partial charge in [0.05, 0.1) is 34.4 Å². The van der Waals surface area contributed by atoms with Gasteiger partial charge in [0.2, 0.25) is 0 Å². The number of hydrogen-bond donors (Lipinski definition) is 1. The molecule has 0 aromatic heterocycles. The van der Waals surface area contributed by atoms with E-state index in [1.54, 1.807) is 0 Å². The Balaban J connectivity index is 3.93. The SMILES string of the molecule is CCCCCCCCCCCCCCCCCCCCCCCOC[C@H](COP(=O)(O)OCC[N+](C)(C)C)OCCCCCCCCCCCCCCCCCCCCCCC. The molecule has 0 aliphatic rings. The van der Waals surface area contributed by atoms with Crippen molar-refractivity contribution in [2.24, 2.45) is 0 Å². The molecular weight excluding hydrogens is 790 g/mol. The molecule has 0 heterocycles. The third-order valence-corrected chi connectivity index (χ3v) is 13.7. The highest BCUT2D eigenvalue weighted by molar-refractivity contribution is 7.47. The van der Waals surface area contributed by atoms with Crippen LogP contribution in [0.25, 0.3) is 0 Å². The number of ether oxygens (including phenoxy) is 2. The lowest BCUT2D eigenvalue weighted by Crippen LogP contribution is -2.37. The summed E-state index contributed by atoms with van der Waals surface area (Å²) >= 11 is 0. The van der Waals surface area contributed by atoms with Gasteiger partial charge in [0, 0.05) is 13.2 Å². The zero-order chi connectivity index (χ0) is 45.3. The monoisotopic (exact) mass is 903 g/mol. The van der Waals surface area contributed by atoms with Crippen molar-refractivity contribution in [2.45, 2.75) is 290 Å². The zero-order valence-corrected chi connectivity index (χ0v) is 43.8. The topological polar surface area (TPSA) is 74.2 Å². The Kier molecular flexibility index (Phi) is 48.9. The van der Waals surface area contributed by atoms with E-state index in [-0.39, 0.29) is 19.3 Å². The summed E-state index contributed by atoms with van der Waals surface area (Å²) in [6.07, 6.45) is 57.4. The van der Waals surface area contributed by atoms with E-state index in [0.717, 1.165) is 19.3 Å². The molecule has 0 saturated carbocycles. The summed E-state index contributed by atoms with van der Waals surface area (Å²) in [5.74, 6) is 0. The minimum atomic E-state index is -4.14. The summed E-state index contributed by atoms with van der Waals surface area (Å²) in [5, 5.41) is 0. The van der Waals surface area contributed by atoms with Crippen molar-refractivity contribution in [3.63, 3.8) is 0 Å². The Morgan fingerprint density at radius 3 is 0.935 bits per heavy atom. The number of rotatable bonds is 54. The van der Waals surface area contributed by atoms with Gasteiger partial charge in [-0.15, -0.1) is 0 Å². The molecule has 0 aromatic rings. The molecule has 1 N–H and O–H groups in total. The molecule has 374 valence electrons. The van der Waals surface area contributed by atoms with Crippen molar-refractivity contribution in [3.8, 4) is 0 Å². The van der Waals surface area contributed by atoms with Crippen molar-refractivity contribution in [1.82, 2.24) is 0 Å². The van der Waals surface area contributed by atoms with Gasteiger partial charge in [-0.05, 0) is 12.8 Å². The van der Waals surface area contributed by atoms with Crippen LogP contribution < -0.4 is 0 Å². The second-order valence-electron chi connectivity index (χ2n) is 20.3. The quantitative estimate of drug-likeness (QED) is 0.0372. The number of unbranched alkanes of at least 4 members (excludes halogenated alkanes) is 40. The maximum atomic E-state index is 12.6. The van der Waals surface area contributed by atoms with Gasteiger partial charge >= 0.3 is 7.82 Å². The lowest BCUT2D eigenvalue weighted by atomic mass is 10.0. The Morgan fingerprint density at radius 1 is 0.371 bits per heavy atom. The first-order valence-corrected chi connectivity index (χ1v) is 29.3. The Bertz CT molecular complexity index is 901. The van der Waals surface area contributed by atoms with Crippen LogP contribution >= 0.6 is 7.82 Å². The van der Waals surface area contributed by atoms with Crippen LogP contribution in [0.3, 0.4) is 0 Å². The molecule has 0 amide bonds. The highest BCUT2D eigenvalue weighted by Crippen LogP contribution is 2.43. The molecule has 62 heavy (non-hydrogen) atoms. The average molecular weight is 903 g/mol. The summed E-state index contributed by atoms with van der Waals surface area (Å²) in [6.45, 7) is 7.06. The minimum Gasteiger partial charge on any atom is -0.379 e. The smallest absolute Gasteiger partial charge is 0.379 e. The molecule has 7 nitrogen and oxygen atoms in total. The summed E-state index contributed by atoms with van der Waals surface area (Å²) in [4.78, 5) is 10.3. The Labute approximate surface area is 389 Å². The van der Waals surface area contributed by atoms with Crippen molar-refractivity contribution in [2.75, 3.05) is 60.7 Å². The van der Waals surface area contributed by atoms with E-state index in [1.165, 1.54) is 250 Å². The highest BCUT2D eigenvalue weighted by Gasteiger charge is 2.25. The fourth-order valence-electron chi connectivity index (χ4n) is 8.42. The first-order chi connectivity index (χ1) is 30.2. The van der Waals surface area contributed by atoms with Crippen LogP contribution in [0.15, 0.2) is 0 Å². The van der Waals surface area contributed by atoms with E-state index in [4.69, 9.17) is 18.5 Å². The summed E-state index contributed by atoms with van der Waals surface area (Å²) in [5.41, 5.74) is 0. The van der Waals surface area contributed by atoms with E-state index in [1.807, 2.05) is 21.1 Å². The van der Waals surface area contributed by atoms with Crippen molar-refractivity contribution in [3.05, 3.63) is 0 Å². The molecule has 0 rings (SSSR count). The van der Waals surface area contributed by atoms with E-state index in [0.29, 0.717) is 30.8 Å². The van der Waals surface area contributed by atoms with Crippen LogP contribution in [0.4, 0.5) is 0 Å². The van der Waals surface area contributed by atoms with Crippen LogP contribution in [0.2, 0.25) is 0 Å². The van der Waals surface area contributed by atoms with Gasteiger partial charge in [-0.1, -0.05) is 271 Å². The lowest BCUT2D eigenvalue weighted by Gasteiger charge is -2.24. The average Bonchev–Trinajstić information content (AvgIpc) is 3.24. The van der Waals surface area contributed by atoms with E-state index < -0.39 is 7.82 Å². The van der Waals surface area contributed by atoms with Gasteiger partial charge in [-0.2, -0.15) is 0 Å². The fraction of sp³-hybridized carbons (Fsp3) is 1.00. The lowest BCUT2D eigenvalue weighted by molar-refractivity contribution is -0.870. The van der Waals surface area contributed by atoms with Crippen molar-refractivity contribution < 1.29 is 32.5 Å². The summed E-state index contributed by atoms with van der Waals surface area (Å²) < 4.78 is 36.0. The van der Waals surface area contributed by atoms with Gasteiger partial charge in [0.15, 0.2) is 0 Å². The molecule has 0 aliphatic carbocycles. The van der Waals surface area contributed by atoms with E-state index in [9.17, 15) is 9.46 Å². The Hall–Kier alpha value is -0.0100. The van der Waals surface area contributed by atoms with E-state index >= 15 is 0 Å². The van der Waals surface area contributed by atoms with Crippen LogP contribution in [-0.2, 0) is 23.1 Å². The highest BCUT2D eigenvalue weighted by atomic mass is 31.2. The molecule has 1 unspecified atom stereocenters. The standard InChI is InChI=1S/C54H112NO6P/c1-6-8-10-12-14-16-18-20-22-24-26-28-30-32-34-36-38-40-42-44-46-49-58-52-54(53-61-62(56,57)60-51-48-55(3,4)5)59-50-47-45-43-41-39-37-35-33-31-29-27-25-23-21-19-17-15-13-11-9-7-2/h54H,6-53H2,1-5H3/p+1/t54-/m1/s1. The van der Waals surface area contributed by atoms with Crippen LogP contribution in [-0.4, -0.2) is 76.2 Å². The summed E-state index contributed by atoms with van der Waals surface area (Å²) in [6, 6.07) is 0. The molecule has 0 bridgehead atoms. The number of hydrogen-bond acceptors (Lipinski definition) is 5. The van der Waals surface area contributed by atoms with E-state index in [2.05, 4.69) is 13.8 Å². The number of phosphoric ester groups is 1. The van der Waals surface area contributed by atoms with Crippen LogP contribution in [0.5, 0.6) is 0 Å². The maximum absolute atomic E-state index is 12.6. The molecule has 0 radical (unpaired) electrons. The van der Waals surface area contributed by atoms with Crippen molar-refractivity contribution in [1.29, 1.82) is 0 Å². The molecule has 0 fully saturated rings. The predicted octanol–water partition coefficient (Wildman–Crippen LogP) is 17.7. The Morgan fingerprint density at radius 2 is 0.645 bits per heavy atom. The zero-order valence-electron chi connectivity index (χ0n) is 42.9. The number of likely N-dealkylation sites (N-methyl/N-ethyl adjacent to an activating group) is 1. The maximum Gasteiger partial charge on any atom is 0.472 e.